The molecule has 0 amide bonds. The molecule has 0 heterocycles. The fraction of sp³-hybridized carbons (Fsp3) is 0.100. The molecule has 0 aliphatic rings. The minimum Gasteiger partial charge on any atom is -0.279 e. The standard InChI is InChI=1S/C20H19NO2S/c1-3-6-19-18-8-5-4-7-16(18)11-14-20(19)21-24(22,23)17-12-9-15(2)10-13-17/h3-5,7-14,21H,1,6H2,2H3. The Morgan fingerprint density at radius 1 is 1.00 bits per heavy atom. The number of benzene rings is 3. The van der Waals surface area contributed by atoms with Gasteiger partial charge in [-0.25, -0.2) is 8.42 Å². The molecule has 0 spiro atoms. The largest absolute Gasteiger partial charge is 0.279 e. The Morgan fingerprint density at radius 2 is 1.71 bits per heavy atom. The maximum atomic E-state index is 12.7. The zero-order chi connectivity index (χ0) is 17.2. The summed E-state index contributed by atoms with van der Waals surface area (Å²) in [6.07, 6.45) is 2.37. The van der Waals surface area contributed by atoms with Crippen molar-refractivity contribution in [1.29, 1.82) is 0 Å². The van der Waals surface area contributed by atoms with Gasteiger partial charge in [-0.05, 0) is 47.9 Å². The third-order valence-electron chi connectivity index (χ3n) is 3.96. The summed E-state index contributed by atoms with van der Waals surface area (Å²) >= 11 is 0. The number of nitrogens with one attached hydrogen (secondary N) is 1. The van der Waals surface area contributed by atoms with Crippen molar-refractivity contribution in [3.05, 3.63) is 84.4 Å². The highest BCUT2D eigenvalue weighted by atomic mass is 32.2. The minimum atomic E-state index is -3.62. The molecule has 0 aliphatic carbocycles. The number of hydrogen-bond acceptors (Lipinski definition) is 2. The number of allylic oxidation sites excluding steroid dienone is 1. The quantitative estimate of drug-likeness (QED) is 0.687. The monoisotopic (exact) mass is 337 g/mol. The molecule has 3 aromatic carbocycles. The fourth-order valence-corrected chi connectivity index (χ4v) is 3.81. The highest BCUT2D eigenvalue weighted by Crippen LogP contribution is 2.29. The Balaban J connectivity index is 2.07. The summed E-state index contributed by atoms with van der Waals surface area (Å²) in [4.78, 5) is 0.255. The van der Waals surface area contributed by atoms with E-state index in [-0.39, 0.29) is 4.90 Å². The van der Waals surface area contributed by atoms with Gasteiger partial charge in [0.25, 0.3) is 10.0 Å². The van der Waals surface area contributed by atoms with E-state index in [0.717, 1.165) is 21.9 Å². The van der Waals surface area contributed by atoms with Gasteiger partial charge in [0.1, 0.15) is 0 Å². The van der Waals surface area contributed by atoms with Gasteiger partial charge in [-0.3, -0.25) is 4.72 Å². The van der Waals surface area contributed by atoms with Gasteiger partial charge in [-0.2, -0.15) is 0 Å². The molecule has 3 aromatic rings. The number of fused-ring (bicyclic) bond motifs is 1. The van der Waals surface area contributed by atoms with E-state index in [1.165, 1.54) is 0 Å². The molecule has 122 valence electrons. The van der Waals surface area contributed by atoms with Crippen LogP contribution >= 0.6 is 0 Å². The minimum absolute atomic E-state index is 0.255. The van der Waals surface area contributed by atoms with Gasteiger partial charge in [0, 0.05) is 0 Å². The van der Waals surface area contributed by atoms with Gasteiger partial charge < -0.3 is 0 Å². The lowest BCUT2D eigenvalue weighted by atomic mass is 10.0. The molecule has 0 unspecified atom stereocenters. The van der Waals surface area contributed by atoms with E-state index in [1.54, 1.807) is 30.3 Å². The molecular formula is C20H19NO2S. The maximum absolute atomic E-state index is 12.7. The number of aryl methyl sites for hydroxylation is 1. The van der Waals surface area contributed by atoms with Crippen LogP contribution in [0.15, 0.2) is 78.2 Å². The number of anilines is 1. The van der Waals surface area contributed by atoms with E-state index in [1.807, 2.05) is 43.3 Å². The van der Waals surface area contributed by atoms with Crippen molar-refractivity contribution in [2.24, 2.45) is 0 Å². The van der Waals surface area contributed by atoms with E-state index in [0.29, 0.717) is 12.1 Å². The Kier molecular flexibility index (Phi) is 4.40. The molecule has 24 heavy (non-hydrogen) atoms. The van der Waals surface area contributed by atoms with Gasteiger partial charge in [0.2, 0.25) is 0 Å². The topological polar surface area (TPSA) is 46.2 Å². The first-order valence-corrected chi connectivity index (χ1v) is 9.20. The van der Waals surface area contributed by atoms with E-state index in [2.05, 4.69) is 11.3 Å². The molecule has 0 saturated heterocycles. The van der Waals surface area contributed by atoms with E-state index < -0.39 is 10.0 Å². The first kappa shape index (κ1) is 16.3. The number of hydrogen-bond donors (Lipinski definition) is 1. The van der Waals surface area contributed by atoms with Crippen LogP contribution in [0.5, 0.6) is 0 Å². The van der Waals surface area contributed by atoms with E-state index >= 15 is 0 Å². The normalized spacial score (nSPS) is 11.4. The van der Waals surface area contributed by atoms with Crippen molar-refractivity contribution in [2.75, 3.05) is 4.72 Å². The third-order valence-corrected chi connectivity index (χ3v) is 5.35. The third kappa shape index (κ3) is 3.19. The zero-order valence-electron chi connectivity index (χ0n) is 13.5. The molecule has 0 aromatic heterocycles. The van der Waals surface area contributed by atoms with Crippen LogP contribution in [0, 0.1) is 6.92 Å². The second kappa shape index (κ2) is 6.49. The Hall–Kier alpha value is -2.59. The molecule has 3 rings (SSSR count). The zero-order valence-corrected chi connectivity index (χ0v) is 14.3. The summed E-state index contributed by atoms with van der Waals surface area (Å²) in [5, 5.41) is 2.11. The second-order valence-corrected chi connectivity index (χ2v) is 7.41. The van der Waals surface area contributed by atoms with Crippen LogP contribution in [0.4, 0.5) is 5.69 Å². The van der Waals surface area contributed by atoms with Crippen LogP contribution < -0.4 is 4.72 Å². The van der Waals surface area contributed by atoms with Gasteiger partial charge >= 0.3 is 0 Å². The molecule has 0 bridgehead atoms. The van der Waals surface area contributed by atoms with Crippen LogP contribution in [0.3, 0.4) is 0 Å². The molecule has 4 heteroatoms. The van der Waals surface area contributed by atoms with Gasteiger partial charge in [-0.1, -0.05) is 54.1 Å². The summed E-state index contributed by atoms with van der Waals surface area (Å²) in [5.74, 6) is 0. The highest BCUT2D eigenvalue weighted by molar-refractivity contribution is 7.92. The van der Waals surface area contributed by atoms with E-state index in [4.69, 9.17) is 0 Å². The summed E-state index contributed by atoms with van der Waals surface area (Å²) in [6.45, 7) is 5.72. The van der Waals surface area contributed by atoms with Crippen LogP contribution in [0.25, 0.3) is 10.8 Å². The highest BCUT2D eigenvalue weighted by Gasteiger charge is 2.16. The van der Waals surface area contributed by atoms with Gasteiger partial charge in [-0.15, -0.1) is 6.58 Å². The molecule has 0 aliphatic heterocycles. The van der Waals surface area contributed by atoms with Crippen molar-refractivity contribution in [1.82, 2.24) is 0 Å². The van der Waals surface area contributed by atoms with Crippen LogP contribution in [0.1, 0.15) is 11.1 Å². The maximum Gasteiger partial charge on any atom is 0.261 e. The summed E-state index contributed by atoms with van der Waals surface area (Å²) in [7, 11) is -3.62. The SMILES string of the molecule is C=CCc1c(NS(=O)(=O)c2ccc(C)cc2)ccc2ccccc12. The van der Waals surface area contributed by atoms with Crippen molar-refractivity contribution in [2.45, 2.75) is 18.2 Å². The molecule has 0 fully saturated rings. The number of sulfonamides is 1. The van der Waals surface area contributed by atoms with Crippen molar-refractivity contribution in [3.63, 3.8) is 0 Å². The predicted octanol–water partition coefficient (Wildman–Crippen LogP) is 4.68. The average Bonchev–Trinajstić information content (AvgIpc) is 2.57. The molecule has 1 N–H and O–H groups in total. The van der Waals surface area contributed by atoms with Crippen LogP contribution in [-0.2, 0) is 16.4 Å². The predicted molar refractivity (Wildman–Crippen MR) is 99.8 cm³/mol. The lowest BCUT2D eigenvalue weighted by Gasteiger charge is -2.14. The fourth-order valence-electron chi connectivity index (χ4n) is 2.72. The second-order valence-electron chi connectivity index (χ2n) is 5.72. The molecule has 0 atom stereocenters. The smallest absolute Gasteiger partial charge is 0.261 e. The Bertz CT molecular complexity index is 990. The lowest BCUT2D eigenvalue weighted by Crippen LogP contribution is -2.14. The lowest BCUT2D eigenvalue weighted by molar-refractivity contribution is 0.601. The van der Waals surface area contributed by atoms with Crippen molar-refractivity contribution < 1.29 is 8.42 Å². The molecule has 0 radical (unpaired) electrons. The number of rotatable bonds is 5. The van der Waals surface area contributed by atoms with E-state index in [9.17, 15) is 8.42 Å². The Labute approximate surface area is 142 Å². The molecular weight excluding hydrogens is 318 g/mol. The van der Waals surface area contributed by atoms with Gasteiger partial charge in [0.05, 0.1) is 10.6 Å². The summed E-state index contributed by atoms with van der Waals surface area (Å²) in [6, 6.07) is 18.5. The molecule has 3 nitrogen and oxygen atoms in total. The van der Waals surface area contributed by atoms with Crippen LogP contribution in [-0.4, -0.2) is 8.42 Å². The first-order chi connectivity index (χ1) is 11.5. The first-order valence-electron chi connectivity index (χ1n) is 7.72. The summed E-state index contributed by atoms with van der Waals surface area (Å²) in [5.41, 5.74) is 2.54. The van der Waals surface area contributed by atoms with Gasteiger partial charge in [0.15, 0.2) is 0 Å². The average molecular weight is 337 g/mol. The van der Waals surface area contributed by atoms with Crippen molar-refractivity contribution >= 4 is 26.5 Å². The Morgan fingerprint density at radius 3 is 2.42 bits per heavy atom. The molecule has 0 saturated carbocycles. The van der Waals surface area contributed by atoms with Crippen LogP contribution in [0.2, 0.25) is 0 Å². The van der Waals surface area contributed by atoms with Crippen molar-refractivity contribution in [3.8, 4) is 0 Å². The summed E-state index contributed by atoms with van der Waals surface area (Å²) < 4.78 is 28.1.